The maximum atomic E-state index is 12.1. The number of hydrogen-bond donors (Lipinski definition) is 3. The molecule has 1 aromatic carbocycles. The fourth-order valence-corrected chi connectivity index (χ4v) is 3.03. The van der Waals surface area contributed by atoms with E-state index in [1.54, 1.807) is 0 Å². The number of anilines is 1. The summed E-state index contributed by atoms with van der Waals surface area (Å²) in [5, 5.41) is 7.10. The number of aromatic amines is 1. The third-order valence-corrected chi connectivity index (χ3v) is 4.27. The number of amides is 2. The molecule has 2 amide bonds. The minimum absolute atomic E-state index is 0.103. The van der Waals surface area contributed by atoms with Gasteiger partial charge < -0.3 is 15.6 Å². The number of para-hydroxylation sites is 1. The molecule has 4 nitrogen and oxygen atoms in total. The van der Waals surface area contributed by atoms with Crippen molar-refractivity contribution in [1.82, 2.24) is 10.3 Å². The Morgan fingerprint density at radius 3 is 2.90 bits per heavy atom. The molecule has 3 rings (SSSR count). The zero-order valence-electron chi connectivity index (χ0n) is 11.8. The van der Waals surface area contributed by atoms with Gasteiger partial charge in [-0.3, -0.25) is 0 Å². The lowest BCUT2D eigenvalue weighted by molar-refractivity contribution is 0.232. The fraction of sp³-hybridized carbons (Fsp3) is 0.438. The van der Waals surface area contributed by atoms with Crippen molar-refractivity contribution in [2.75, 3.05) is 5.32 Å². The van der Waals surface area contributed by atoms with Crippen molar-refractivity contribution in [3.05, 3.63) is 30.5 Å². The van der Waals surface area contributed by atoms with Crippen LogP contribution in [0.1, 0.15) is 32.6 Å². The highest BCUT2D eigenvalue weighted by Crippen LogP contribution is 2.25. The number of benzene rings is 1. The lowest BCUT2D eigenvalue weighted by Gasteiger charge is -2.29. The lowest BCUT2D eigenvalue weighted by atomic mass is 9.86. The molecular weight excluding hydrogens is 250 g/mol. The van der Waals surface area contributed by atoms with Crippen LogP contribution in [0.3, 0.4) is 0 Å². The van der Waals surface area contributed by atoms with E-state index in [0.29, 0.717) is 12.0 Å². The second kappa shape index (κ2) is 5.57. The summed E-state index contributed by atoms with van der Waals surface area (Å²) in [6, 6.07) is 8.16. The molecule has 2 atom stereocenters. The Labute approximate surface area is 118 Å². The number of rotatable bonds is 2. The van der Waals surface area contributed by atoms with Gasteiger partial charge in [0.2, 0.25) is 0 Å². The third kappa shape index (κ3) is 2.64. The van der Waals surface area contributed by atoms with Gasteiger partial charge >= 0.3 is 6.03 Å². The summed E-state index contributed by atoms with van der Waals surface area (Å²) < 4.78 is 0. The van der Waals surface area contributed by atoms with Gasteiger partial charge in [0, 0.05) is 23.1 Å². The number of fused-ring (bicyclic) bond motifs is 1. The van der Waals surface area contributed by atoms with Crippen LogP contribution in [0.5, 0.6) is 0 Å². The number of H-pyrrole nitrogens is 1. The van der Waals surface area contributed by atoms with E-state index in [1.807, 2.05) is 30.5 Å². The van der Waals surface area contributed by atoms with Gasteiger partial charge in [0.25, 0.3) is 0 Å². The molecule has 4 heteroatoms. The largest absolute Gasteiger partial charge is 0.359 e. The Hall–Kier alpha value is -1.97. The van der Waals surface area contributed by atoms with Crippen LogP contribution >= 0.6 is 0 Å². The predicted molar refractivity (Wildman–Crippen MR) is 81.9 cm³/mol. The van der Waals surface area contributed by atoms with Gasteiger partial charge in [0.1, 0.15) is 0 Å². The van der Waals surface area contributed by atoms with E-state index in [2.05, 4.69) is 22.5 Å². The lowest BCUT2D eigenvalue weighted by Crippen LogP contribution is -2.43. The van der Waals surface area contributed by atoms with Crippen molar-refractivity contribution in [1.29, 1.82) is 0 Å². The van der Waals surface area contributed by atoms with E-state index >= 15 is 0 Å². The van der Waals surface area contributed by atoms with Gasteiger partial charge in [0.15, 0.2) is 0 Å². The summed E-state index contributed by atoms with van der Waals surface area (Å²) in [5.41, 5.74) is 1.87. The zero-order valence-corrected chi connectivity index (χ0v) is 11.8. The van der Waals surface area contributed by atoms with Crippen molar-refractivity contribution in [3.63, 3.8) is 0 Å². The summed E-state index contributed by atoms with van der Waals surface area (Å²) in [6.07, 6.45) is 6.63. The van der Waals surface area contributed by atoms with E-state index in [4.69, 9.17) is 0 Å². The molecule has 1 heterocycles. The van der Waals surface area contributed by atoms with Crippen LogP contribution in [0.4, 0.5) is 10.5 Å². The predicted octanol–water partition coefficient (Wildman–Crippen LogP) is 3.87. The molecule has 3 N–H and O–H groups in total. The maximum absolute atomic E-state index is 12.1. The van der Waals surface area contributed by atoms with Crippen molar-refractivity contribution in [3.8, 4) is 0 Å². The number of hydrogen-bond acceptors (Lipinski definition) is 1. The summed E-state index contributed by atoms with van der Waals surface area (Å²) in [7, 11) is 0. The fourth-order valence-electron chi connectivity index (χ4n) is 3.03. The zero-order chi connectivity index (χ0) is 13.9. The normalized spacial score (nSPS) is 22.6. The molecular formula is C16H21N3O. The molecule has 0 aliphatic heterocycles. The summed E-state index contributed by atoms with van der Waals surface area (Å²) in [5.74, 6) is 0.567. The molecule has 1 aliphatic rings. The highest BCUT2D eigenvalue weighted by atomic mass is 16.2. The molecule has 0 bridgehead atoms. The minimum atomic E-state index is -0.103. The van der Waals surface area contributed by atoms with Crippen LogP contribution in [0, 0.1) is 5.92 Å². The van der Waals surface area contributed by atoms with Crippen LogP contribution in [0.15, 0.2) is 30.5 Å². The van der Waals surface area contributed by atoms with Gasteiger partial charge in [-0.25, -0.2) is 4.79 Å². The highest BCUT2D eigenvalue weighted by Gasteiger charge is 2.22. The van der Waals surface area contributed by atoms with Crippen molar-refractivity contribution >= 4 is 22.6 Å². The Balaban J connectivity index is 1.66. The van der Waals surface area contributed by atoms with Gasteiger partial charge in [-0.2, -0.15) is 0 Å². The molecule has 0 unspecified atom stereocenters. The first-order valence-electron chi connectivity index (χ1n) is 7.37. The SMILES string of the molecule is C[C@@H]1CCCC[C@H]1NC(=O)Nc1c[nH]c2ccccc12. The van der Waals surface area contributed by atoms with Gasteiger partial charge in [-0.1, -0.05) is 38.0 Å². The Bertz CT molecular complexity index is 605. The maximum Gasteiger partial charge on any atom is 0.319 e. The third-order valence-electron chi connectivity index (χ3n) is 4.27. The van der Waals surface area contributed by atoms with Crippen molar-refractivity contribution in [2.45, 2.75) is 38.6 Å². The molecule has 1 fully saturated rings. The molecule has 0 spiro atoms. The number of carbonyl (C=O) groups excluding carboxylic acids is 1. The van der Waals surface area contributed by atoms with E-state index in [-0.39, 0.29) is 6.03 Å². The minimum Gasteiger partial charge on any atom is -0.359 e. The number of carbonyl (C=O) groups is 1. The van der Waals surface area contributed by atoms with Crippen molar-refractivity contribution < 1.29 is 4.79 Å². The quantitative estimate of drug-likeness (QED) is 0.763. The van der Waals surface area contributed by atoms with Gasteiger partial charge in [-0.05, 0) is 24.8 Å². The summed E-state index contributed by atoms with van der Waals surface area (Å²) >= 11 is 0. The first kappa shape index (κ1) is 13.0. The summed E-state index contributed by atoms with van der Waals surface area (Å²) in [6.45, 7) is 2.22. The number of urea groups is 1. The Morgan fingerprint density at radius 2 is 2.05 bits per heavy atom. The molecule has 0 radical (unpaired) electrons. The average Bonchev–Trinajstić information content (AvgIpc) is 2.85. The number of aromatic nitrogens is 1. The molecule has 0 saturated heterocycles. The first-order chi connectivity index (χ1) is 9.74. The van der Waals surface area contributed by atoms with E-state index in [0.717, 1.165) is 23.0 Å². The molecule has 1 saturated carbocycles. The smallest absolute Gasteiger partial charge is 0.319 e. The van der Waals surface area contributed by atoms with Gasteiger partial charge in [-0.15, -0.1) is 0 Å². The van der Waals surface area contributed by atoms with E-state index in [1.165, 1.54) is 19.3 Å². The topological polar surface area (TPSA) is 56.9 Å². The van der Waals surface area contributed by atoms with Crippen LogP contribution in [0.2, 0.25) is 0 Å². The second-order valence-electron chi connectivity index (χ2n) is 5.71. The van der Waals surface area contributed by atoms with Crippen LogP contribution in [-0.4, -0.2) is 17.1 Å². The Kier molecular flexibility index (Phi) is 3.63. The monoisotopic (exact) mass is 271 g/mol. The average molecular weight is 271 g/mol. The second-order valence-corrected chi connectivity index (χ2v) is 5.71. The molecule has 20 heavy (non-hydrogen) atoms. The Morgan fingerprint density at radius 1 is 1.25 bits per heavy atom. The first-order valence-corrected chi connectivity index (χ1v) is 7.37. The van der Waals surface area contributed by atoms with Crippen LogP contribution in [0.25, 0.3) is 10.9 Å². The molecule has 106 valence electrons. The standard InChI is InChI=1S/C16H21N3O/c1-11-6-2-4-8-13(11)18-16(20)19-15-10-17-14-9-5-3-7-12(14)15/h3,5,7,9-11,13,17H,2,4,6,8H2,1H3,(H2,18,19,20)/t11-,13-/m1/s1. The van der Waals surface area contributed by atoms with E-state index < -0.39 is 0 Å². The van der Waals surface area contributed by atoms with Crippen LogP contribution < -0.4 is 10.6 Å². The molecule has 1 aliphatic carbocycles. The highest BCUT2D eigenvalue weighted by molar-refractivity contribution is 6.01. The van der Waals surface area contributed by atoms with E-state index in [9.17, 15) is 4.79 Å². The molecule has 1 aromatic heterocycles. The van der Waals surface area contributed by atoms with Gasteiger partial charge in [0.05, 0.1) is 5.69 Å². The van der Waals surface area contributed by atoms with Crippen molar-refractivity contribution in [2.24, 2.45) is 5.92 Å². The molecule has 2 aromatic rings. The number of nitrogens with one attached hydrogen (secondary N) is 3. The van der Waals surface area contributed by atoms with Crippen LogP contribution in [-0.2, 0) is 0 Å². The summed E-state index contributed by atoms with van der Waals surface area (Å²) in [4.78, 5) is 15.3.